The van der Waals surface area contributed by atoms with Gasteiger partial charge in [0.05, 0.1) is 11.0 Å². The van der Waals surface area contributed by atoms with E-state index < -0.39 is 0 Å². The van der Waals surface area contributed by atoms with E-state index in [9.17, 15) is 0 Å². The number of nitrogens with one attached hydrogen (secondary N) is 1. The summed E-state index contributed by atoms with van der Waals surface area (Å²) >= 11 is 3.42. The molecule has 0 atom stereocenters. The van der Waals surface area contributed by atoms with E-state index in [0.717, 1.165) is 9.99 Å². The van der Waals surface area contributed by atoms with Crippen molar-refractivity contribution in [2.24, 2.45) is 0 Å². The number of pyridine rings is 1. The topological polar surface area (TPSA) is 28.7 Å². The highest BCUT2D eigenvalue weighted by molar-refractivity contribution is 9.10. The molecule has 2 heterocycles. The number of H-pyrrole nitrogens is 1. The van der Waals surface area contributed by atoms with Gasteiger partial charge in [-0.2, -0.15) is 0 Å². The Kier molecular flexibility index (Phi) is 1.50. The van der Waals surface area contributed by atoms with E-state index >= 15 is 0 Å². The van der Waals surface area contributed by atoms with Gasteiger partial charge in [-0.05, 0) is 46.8 Å². The Bertz CT molecular complexity index is 473. The van der Waals surface area contributed by atoms with Crippen molar-refractivity contribution >= 4 is 27.0 Å². The highest BCUT2D eigenvalue weighted by Crippen LogP contribution is 2.29. The predicted octanol–water partition coefficient (Wildman–Crippen LogP) is 2.81. The molecule has 1 aliphatic carbocycles. The second-order valence-corrected chi connectivity index (χ2v) is 4.40. The first-order valence-corrected chi connectivity index (χ1v) is 5.29. The number of aromatic nitrogens is 2. The zero-order valence-corrected chi connectivity index (χ0v) is 8.69. The molecule has 0 unspecified atom stereocenters. The number of hydrogen-bond donors (Lipinski definition) is 1. The fraction of sp³-hybridized carbons (Fsp3) is 0.300. The summed E-state index contributed by atoms with van der Waals surface area (Å²) in [6.45, 7) is 0. The van der Waals surface area contributed by atoms with E-state index in [1.54, 1.807) is 0 Å². The molecule has 0 saturated carbocycles. The Balaban J connectivity index is 2.38. The van der Waals surface area contributed by atoms with Crippen molar-refractivity contribution in [3.05, 3.63) is 28.0 Å². The van der Waals surface area contributed by atoms with Crippen LogP contribution >= 0.6 is 15.9 Å². The zero-order valence-electron chi connectivity index (χ0n) is 7.10. The summed E-state index contributed by atoms with van der Waals surface area (Å²) in [6.07, 6.45) is 5.51. The molecular formula is C10H9BrN2. The molecule has 0 radical (unpaired) electrons. The van der Waals surface area contributed by atoms with Crippen molar-refractivity contribution in [3.8, 4) is 0 Å². The maximum atomic E-state index is 4.43. The van der Waals surface area contributed by atoms with Gasteiger partial charge in [0.2, 0.25) is 0 Å². The van der Waals surface area contributed by atoms with Gasteiger partial charge in [-0.15, -0.1) is 0 Å². The second kappa shape index (κ2) is 2.58. The first-order chi connectivity index (χ1) is 6.34. The average Bonchev–Trinajstić information content (AvgIpc) is 2.62. The molecule has 0 amide bonds. The van der Waals surface area contributed by atoms with Gasteiger partial charge in [-0.1, -0.05) is 0 Å². The molecule has 1 aliphatic rings. The Hall–Kier alpha value is -0.830. The normalized spacial score (nSPS) is 15.2. The Morgan fingerprint density at radius 2 is 2.31 bits per heavy atom. The van der Waals surface area contributed by atoms with Crippen molar-refractivity contribution in [1.29, 1.82) is 0 Å². The molecule has 0 aromatic carbocycles. The number of hydrogen-bond acceptors (Lipinski definition) is 1. The molecule has 13 heavy (non-hydrogen) atoms. The fourth-order valence-corrected chi connectivity index (χ4v) is 2.41. The van der Waals surface area contributed by atoms with Gasteiger partial charge < -0.3 is 4.98 Å². The summed E-state index contributed by atoms with van der Waals surface area (Å²) in [5.41, 5.74) is 5.15. The maximum Gasteiger partial charge on any atom is 0.0914 e. The quantitative estimate of drug-likeness (QED) is 0.749. The number of aromatic amines is 1. The van der Waals surface area contributed by atoms with Crippen LogP contribution in [0, 0.1) is 0 Å². The van der Waals surface area contributed by atoms with E-state index in [4.69, 9.17) is 0 Å². The summed E-state index contributed by atoms with van der Waals surface area (Å²) in [5, 5.41) is 0. The standard InChI is InChI=1S/C10H9BrN2/c11-6-4-9-10(12-5-6)7-2-1-3-8(7)13-9/h4-5,13H,1-3H2. The van der Waals surface area contributed by atoms with Crippen LogP contribution in [0.25, 0.3) is 11.0 Å². The third-order valence-electron chi connectivity index (χ3n) is 2.64. The minimum atomic E-state index is 1.04. The highest BCUT2D eigenvalue weighted by Gasteiger charge is 2.17. The van der Waals surface area contributed by atoms with Gasteiger partial charge >= 0.3 is 0 Å². The number of halogens is 1. The lowest BCUT2D eigenvalue weighted by molar-refractivity contribution is 0.897. The van der Waals surface area contributed by atoms with E-state index in [2.05, 4.69) is 32.0 Å². The first kappa shape index (κ1) is 7.56. The average molecular weight is 237 g/mol. The third kappa shape index (κ3) is 1.03. The SMILES string of the molecule is Brc1cnc2c3c([nH]c2c1)CCC3. The van der Waals surface area contributed by atoms with Gasteiger partial charge in [0.15, 0.2) is 0 Å². The number of rotatable bonds is 0. The summed E-state index contributed by atoms with van der Waals surface area (Å²) in [6, 6.07) is 2.10. The monoisotopic (exact) mass is 236 g/mol. The van der Waals surface area contributed by atoms with Crippen LogP contribution < -0.4 is 0 Å². The summed E-state index contributed by atoms with van der Waals surface area (Å²) in [7, 11) is 0. The largest absolute Gasteiger partial charge is 0.357 e. The molecule has 2 nitrogen and oxygen atoms in total. The minimum absolute atomic E-state index is 1.04. The fourth-order valence-electron chi connectivity index (χ4n) is 2.08. The van der Waals surface area contributed by atoms with Crippen LogP contribution in [0.4, 0.5) is 0 Å². The first-order valence-electron chi connectivity index (χ1n) is 4.49. The minimum Gasteiger partial charge on any atom is -0.357 e. The summed E-state index contributed by atoms with van der Waals surface area (Å²) in [4.78, 5) is 7.86. The van der Waals surface area contributed by atoms with Crippen molar-refractivity contribution in [2.45, 2.75) is 19.3 Å². The molecule has 0 bridgehead atoms. The lowest BCUT2D eigenvalue weighted by Crippen LogP contribution is -1.80. The lowest BCUT2D eigenvalue weighted by atomic mass is 10.2. The van der Waals surface area contributed by atoms with Crippen molar-refractivity contribution in [1.82, 2.24) is 9.97 Å². The highest BCUT2D eigenvalue weighted by atomic mass is 79.9. The van der Waals surface area contributed by atoms with Crippen LogP contribution in [-0.2, 0) is 12.8 Å². The van der Waals surface area contributed by atoms with Crippen molar-refractivity contribution in [2.75, 3.05) is 0 Å². The third-order valence-corrected chi connectivity index (χ3v) is 3.08. The number of aryl methyl sites for hydroxylation is 2. The van der Waals surface area contributed by atoms with Crippen LogP contribution in [-0.4, -0.2) is 9.97 Å². The molecule has 3 rings (SSSR count). The smallest absolute Gasteiger partial charge is 0.0914 e. The van der Waals surface area contributed by atoms with Gasteiger partial charge in [0, 0.05) is 16.4 Å². The van der Waals surface area contributed by atoms with E-state index in [-0.39, 0.29) is 0 Å². The molecular weight excluding hydrogens is 228 g/mol. The summed E-state index contributed by atoms with van der Waals surface area (Å²) < 4.78 is 1.04. The molecule has 1 N–H and O–H groups in total. The van der Waals surface area contributed by atoms with Crippen LogP contribution in [0.1, 0.15) is 17.7 Å². The molecule has 0 spiro atoms. The second-order valence-electron chi connectivity index (χ2n) is 3.49. The zero-order chi connectivity index (χ0) is 8.84. The van der Waals surface area contributed by atoms with E-state index in [1.165, 1.54) is 36.0 Å². The van der Waals surface area contributed by atoms with Crippen molar-refractivity contribution in [3.63, 3.8) is 0 Å². The lowest BCUT2D eigenvalue weighted by Gasteiger charge is -1.93. The number of fused-ring (bicyclic) bond motifs is 3. The maximum absolute atomic E-state index is 4.43. The molecule has 3 heteroatoms. The Morgan fingerprint density at radius 1 is 1.38 bits per heavy atom. The van der Waals surface area contributed by atoms with Crippen LogP contribution in [0.2, 0.25) is 0 Å². The van der Waals surface area contributed by atoms with Gasteiger partial charge in [-0.3, -0.25) is 4.98 Å². The van der Waals surface area contributed by atoms with Crippen LogP contribution in [0.3, 0.4) is 0 Å². The Labute approximate surface area is 84.5 Å². The molecule has 0 fully saturated rings. The van der Waals surface area contributed by atoms with Crippen LogP contribution in [0.15, 0.2) is 16.7 Å². The predicted molar refractivity (Wildman–Crippen MR) is 55.8 cm³/mol. The molecule has 2 aromatic rings. The molecule has 0 aliphatic heterocycles. The number of nitrogens with zero attached hydrogens (tertiary/aromatic N) is 1. The van der Waals surface area contributed by atoms with Crippen molar-refractivity contribution < 1.29 is 0 Å². The van der Waals surface area contributed by atoms with E-state index in [1.807, 2.05) is 6.20 Å². The van der Waals surface area contributed by atoms with Gasteiger partial charge in [0.1, 0.15) is 0 Å². The van der Waals surface area contributed by atoms with Gasteiger partial charge in [-0.25, -0.2) is 0 Å². The van der Waals surface area contributed by atoms with Crippen LogP contribution in [0.5, 0.6) is 0 Å². The molecule has 2 aromatic heterocycles. The molecule has 66 valence electrons. The summed E-state index contributed by atoms with van der Waals surface area (Å²) in [5.74, 6) is 0. The van der Waals surface area contributed by atoms with E-state index in [0.29, 0.717) is 0 Å². The molecule has 0 saturated heterocycles. The van der Waals surface area contributed by atoms with Gasteiger partial charge in [0.25, 0.3) is 0 Å². The Morgan fingerprint density at radius 3 is 3.23 bits per heavy atom.